The molecule has 0 aliphatic heterocycles. The van der Waals surface area contributed by atoms with Crippen LogP contribution in [0.25, 0.3) is 0 Å². The van der Waals surface area contributed by atoms with E-state index in [4.69, 9.17) is 0 Å². The highest BCUT2D eigenvalue weighted by molar-refractivity contribution is 7.89. The van der Waals surface area contributed by atoms with Crippen LogP contribution in [-0.4, -0.2) is 14.6 Å². The van der Waals surface area contributed by atoms with Crippen molar-refractivity contribution in [3.05, 3.63) is 65.5 Å². The Morgan fingerprint density at radius 1 is 1.09 bits per heavy atom. The molecule has 0 saturated heterocycles. The summed E-state index contributed by atoms with van der Waals surface area (Å²) in [5.41, 5.74) is 1.95. The van der Waals surface area contributed by atoms with Gasteiger partial charge in [-0.2, -0.15) is 13.5 Å². The molecule has 22 heavy (non-hydrogen) atoms. The Morgan fingerprint density at radius 3 is 2.36 bits per heavy atom. The lowest BCUT2D eigenvalue weighted by molar-refractivity contribution is 0.584. The lowest BCUT2D eigenvalue weighted by atomic mass is 10.1. The Hall–Kier alpha value is -2.21. The highest BCUT2D eigenvalue weighted by Gasteiger charge is 2.11. The highest BCUT2D eigenvalue weighted by Crippen LogP contribution is 2.09. The number of nitrogens with one attached hydrogen (secondary N) is 1. The number of sulfonamides is 1. The summed E-state index contributed by atoms with van der Waals surface area (Å²) in [4.78, 5) is 2.35. The summed E-state index contributed by atoms with van der Waals surface area (Å²) in [6.45, 7) is 1.89. The van der Waals surface area contributed by atoms with E-state index in [0.29, 0.717) is 12.8 Å². The van der Waals surface area contributed by atoms with E-state index in [2.05, 4.69) is 9.93 Å². The third-order valence-electron chi connectivity index (χ3n) is 3.07. The zero-order valence-corrected chi connectivity index (χ0v) is 13.0. The van der Waals surface area contributed by atoms with Crippen LogP contribution in [0.3, 0.4) is 0 Å². The zero-order valence-electron chi connectivity index (χ0n) is 12.2. The van der Waals surface area contributed by atoms with E-state index in [1.165, 1.54) is 30.5 Å². The first-order valence-electron chi connectivity index (χ1n) is 6.82. The monoisotopic (exact) mass is 320 g/mol. The first kappa shape index (κ1) is 16.2. The number of nitrogens with zero attached hydrogens (tertiary/aromatic N) is 1. The molecule has 0 saturated carbocycles. The Morgan fingerprint density at radius 2 is 1.73 bits per heavy atom. The van der Waals surface area contributed by atoms with Crippen LogP contribution in [0.1, 0.15) is 17.5 Å². The van der Waals surface area contributed by atoms with E-state index >= 15 is 0 Å². The Balaban J connectivity index is 1.86. The molecule has 1 N–H and O–H groups in total. The summed E-state index contributed by atoms with van der Waals surface area (Å²) >= 11 is 0. The van der Waals surface area contributed by atoms with Crippen molar-refractivity contribution in [3.63, 3.8) is 0 Å². The molecule has 0 aromatic heterocycles. The minimum Gasteiger partial charge on any atom is -0.207 e. The zero-order chi connectivity index (χ0) is 16.0. The second-order valence-corrected chi connectivity index (χ2v) is 6.55. The van der Waals surface area contributed by atoms with E-state index in [1.807, 2.05) is 6.92 Å². The molecular formula is C16H17FN2O2S. The van der Waals surface area contributed by atoms with Crippen LogP contribution < -0.4 is 4.83 Å². The van der Waals surface area contributed by atoms with E-state index in [-0.39, 0.29) is 10.7 Å². The lowest BCUT2D eigenvalue weighted by Crippen LogP contribution is -2.18. The van der Waals surface area contributed by atoms with Gasteiger partial charge in [-0.05, 0) is 49.6 Å². The average Bonchev–Trinajstić information content (AvgIpc) is 2.49. The van der Waals surface area contributed by atoms with Crippen molar-refractivity contribution in [2.75, 3.05) is 0 Å². The van der Waals surface area contributed by atoms with Gasteiger partial charge in [0.2, 0.25) is 0 Å². The SMILES string of the molecule is Cc1ccc(S(=O)(=O)NN=CCCc2ccc(F)cc2)cc1. The van der Waals surface area contributed by atoms with Gasteiger partial charge in [-0.25, -0.2) is 9.22 Å². The van der Waals surface area contributed by atoms with Crippen LogP contribution in [0.2, 0.25) is 0 Å². The number of rotatable bonds is 6. The van der Waals surface area contributed by atoms with Crippen LogP contribution in [0.4, 0.5) is 4.39 Å². The molecule has 0 spiro atoms. The fraction of sp³-hybridized carbons (Fsp3) is 0.188. The molecule has 6 heteroatoms. The Kier molecular flexibility index (Phi) is 5.27. The van der Waals surface area contributed by atoms with Crippen LogP contribution in [0.15, 0.2) is 58.5 Å². The molecule has 0 radical (unpaired) electrons. The number of halogens is 1. The maximum Gasteiger partial charge on any atom is 0.276 e. The molecule has 0 aliphatic carbocycles. The third kappa shape index (κ3) is 4.66. The van der Waals surface area contributed by atoms with Gasteiger partial charge in [0.1, 0.15) is 5.82 Å². The molecule has 0 amide bonds. The topological polar surface area (TPSA) is 58.5 Å². The van der Waals surface area contributed by atoms with Gasteiger partial charge in [-0.1, -0.05) is 29.8 Å². The van der Waals surface area contributed by atoms with Gasteiger partial charge in [0.25, 0.3) is 10.0 Å². The molecule has 0 atom stereocenters. The molecule has 0 aliphatic rings. The average molecular weight is 320 g/mol. The van der Waals surface area contributed by atoms with Gasteiger partial charge in [-0.15, -0.1) is 0 Å². The van der Waals surface area contributed by atoms with Crippen molar-refractivity contribution >= 4 is 16.2 Å². The number of benzene rings is 2. The van der Waals surface area contributed by atoms with E-state index in [1.54, 1.807) is 24.3 Å². The fourth-order valence-electron chi connectivity index (χ4n) is 1.82. The molecule has 0 heterocycles. The predicted octanol–water partition coefficient (Wildman–Crippen LogP) is 3.03. The van der Waals surface area contributed by atoms with Gasteiger partial charge in [-0.3, -0.25) is 0 Å². The summed E-state index contributed by atoms with van der Waals surface area (Å²) < 4.78 is 36.6. The minimum absolute atomic E-state index is 0.175. The molecule has 4 nitrogen and oxygen atoms in total. The predicted molar refractivity (Wildman–Crippen MR) is 84.7 cm³/mol. The van der Waals surface area contributed by atoms with Gasteiger partial charge >= 0.3 is 0 Å². The molecule has 0 fully saturated rings. The lowest BCUT2D eigenvalue weighted by Gasteiger charge is -2.03. The number of hydrogen-bond acceptors (Lipinski definition) is 3. The molecule has 2 aromatic rings. The summed E-state index contributed by atoms with van der Waals surface area (Å²) in [5.74, 6) is -0.275. The summed E-state index contributed by atoms with van der Waals surface area (Å²) in [6, 6.07) is 12.7. The second-order valence-electron chi connectivity index (χ2n) is 4.88. The molecule has 116 valence electrons. The summed E-state index contributed by atoms with van der Waals surface area (Å²) in [7, 11) is -3.63. The van der Waals surface area contributed by atoms with Crippen LogP contribution in [0, 0.1) is 12.7 Å². The van der Waals surface area contributed by atoms with Gasteiger partial charge in [0, 0.05) is 6.21 Å². The standard InChI is InChI=1S/C16H17FN2O2S/c1-13-4-10-16(11-5-13)22(20,21)19-18-12-2-3-14-6-8-15(17)9-7-14/h4-12,19H,2-3H2,1H3. The second kappa shape index (κ2) is 7.17. The third-order valence-corrected chi connectivity index (χ3v) is 4.31. The van der Waals surface area contributed by atoms with Crippen LogP contribution >= 0.6 is 0 Å². The first-order valence-corrected chi connectivity index (χ1v) is 8.30. The number of hydrazone groups is 1. The summed E-state index contributed by atoms with van der Waals surface area (Å²) in [6.07, 6.45) is 2.72. The van der Waals surface area contributed by atoms with Crippen molar-refractivity contribution in [1.82, 2.24) is 4.83 Å². The van der Waals surface area contributed by atoms with Crippen molar-refractivity contribution in [1.29, 1.82) is 0 Å². The molecule has 2 rings (SSSR count). The molecule has 2 aromatic carbocycles. The molecule has 0 bridgehead atoms. The van der Waals surface area contributed by atoms with Crippen molar-refractivity contribution in [3.8, 4) is 0 Å². The van der Waals surface area contributed by atoms with Crippen LogP contribution in [-0.2, 0) is 16.4 Å². The maximum atomic E-state index is 12.7. The Labute approximate surface area is 129 Å². The smallest absolute Gasteiger partial charge is 0.207 e. The van der Waals surface area contributed by atoms with E-state index in [9.17, 15) is 12.8 Å². The normalized spacial score (nSPS) is 11.7. The number of hydrogen-bond donors (Lipinski definition) is 1. The fourth-order valence-corrected chi connectivity index (χ4v) is 2.64. The number of aryl methyl sites for hydroxylation is 2. The van der Waals surface area contributed by atoms with E-state index in [0.717, 1.165) is 11.1 Å². The largest absolute Gasteiger partial charge is 0.276 e. The quantitative estimate of drug-likeness (QED) is 0.657. The van der Waals surface area contributed by atoms with Crippen LogP contribution in [0.5, 0.6) is 0 Å². The van der Waals surface area contributed by atoms with Crippen molar-refractivity contribution in [2.24, 2.45) is 5.10 Å². The summed E-state index contributed by atoms with van der Waals surface area (Å²) in [5, 5.41) is 3.74. The van der Waals surface area contributed by atoms with E-state index < -0.39 is 10.0 Å². The Bertz CT molecular complexity index is 739. The maximum absolute atomic E-state index is 12.7. The molecule has 0 unspecified atom stereocenters. The molecular weight excluding hydrogens is 303 g/mol. The van der Waals surface area contributed by atoms with Crippen molar-refractivity contribution < 1.29 is 12.8 Å². The van der Waals surface area contributed by atoms with Gasteiger partial charge in [0.15, 0.2) is 0 Å². The van der Waals surface area contributed by atoms with Gasteiger partial charge < -0.3 is 0 Å². The minimum atomic E-state index is -3.63. The van der Waals surface area contributed by atoms with Gasteiger partial charge in [0.05, 0.1) is 4.90 Å². The first-order chi connectivity index (χ1) is 10.5. The highest BCUT2D eigenvalue weighted by atomic mass is 32.2. The van der Waals surface area contributed by atoms with Crippen molar-refractivity contribution in [2.45, 2.75) is 24.7 Å².